The molecule has 0 aliphatic carbocycles. The number of fused-ring (bicyclic) bond motifs is 1. The van der Waals surface area contributed by atoms with Gasteiger partial charge in [-0.3, -0.25) is 0 Å². The zero-order chi connectivity index (χ0) is 17.2. The number of benzene rings is 2. The molecule has 4 heteroatoms. The molecule has 0 amide bonds. The van der Waals surface area contributed by atoms with E-state index in [0.29, 0.717) is 0 Å². The van der Waals surface area contributed by atoms with Gasteiger partial charge in [-0.2, -0.15) is 0 Å². The summed E-state index contributed by atoms with van der Waals surface area (Å²) >= 11 is 0. The molecule has 0 unspecified atom stereocenters. The van der Waals surface area contributed by atoms with Gasteiger partial charge in [0.1, 0.15) is 11.6 Å². The number of hydrogen-bond donors (Lipinski definition) is 1. The van der Waals surface area contributed by atoms with Crippen LogP contribution in [0.5, 0.6) is 5.75 Å². The van der Waals surface area contributed by atoms with Crippen molar-refractivity contribution >= 4 is 16.6 Å². The highest BCUT2D eigenvalue weighted by Crippen LogP contribution is 2.31. The third-order valence-corrected chi connectivity index (χ3v) is 5.00. The fourth-order valence-electron chi connectivity index (χ4n) is 3.48. The number of piperazine rings is 1. The van der Waals surface area contributed by atoms with E-state index in [9.17, 15) is 5.11 Å². The summed E-state index contributed by atoms with van der Waals surface area (Å²) in [6.07, 6.45) is 0. The molecule has 4 rings (SSSR count). The molecule has 0 bridgehead atoms. The second-order valence-corrected chi connectivity index (χ2v) is 6.52. The highest BCUT2D eigenvalue weighted by molar-refractivity contribution is 5.95. The average Bonchev–Trinajstić information content (AvgIpc) is 2.68. The van der Waals surface area contributed by atoms with Gasteiger partial charge >= 0.3 is 0 Å². The number of aromatic hydroxyl groups is 1. The van der Waals surface area contributed by atoms with Crippen LogP contribution in [0.4, 0.5) is 5.82 Å². The Kier molecular flexibility index (Phi) is 5.43. The second kappa shape index (κ2) is 7.75. The van der Waals surface area contributed by atoms with E-state index in [2.05, 4.69) is 47.1 Å². The first-order valence-electron chi connectivity index (χ1n) is 8.91. The maximum absolute atomic E-state index is 9.55. The summed E-state index contributed by atoms with van der Waals surface area (Å²) in [4.78, 5) is 9.88. The average molecular weight is 349 g/mol. The summed E-state index contributed by atoms with van der Waals surface area (Å²) in [7, 11) is 0. The number of likely N-dealkylation sites (N-methyl/N-ethyl adjacent to an activating group) is 1. The second-order valence-electron chi connectivity index (χ2n) is 6.52. The summed E-state index contributed by atoms with van der Waals surface area (Å²) in [6, 6.07) is 17.9. The maximum Gasteiger partial charge on any atom is 0.137 e. The van der Waals surface area contributed by atoms with Gasteiger partial charge < -0.3 is 14.9 Å². The molecule has 1 aliphatic rings. The van der Waals surface area contributed by atoms with Crippen LogP contribution in [-0.2, 0) is 0 Å². The van der Waals surface area contributed by atoms with Gasteiger partial charge in [-0.15, -0.1) is 0 Å². The van der Waals surface area contributed by atoms with Crippen LogP contribution in [0.3, 0.4) is 0 Å². The molecule has 1 saturated heterocycles. The molecule has 0 saturated carbocycles. The predicted octanol–water partition coefficient (Wildman–Crippen LogP) is 4.39. The van der Waals surface area contributed by atoms with Crippen molar-refractivity contribution in [2.24, 2.45) is 0 Å². The molecule has 1 aromatic heterocycles. The summed E-state index contributed by atoms with van der Waals surface area (Å²) < 4.78 is 0. The zero-order valence-corrected chi connectivity index (χ0v) is 14.5. The number of anilines is 1. The molecule has 2 aromatic carbocycles. The number of nitrogens with zero attached hydrogens (tertiary/aromatic N) is 3. The van der Waals surface area contributed by atoms with Crippen LogP contribution in [-0.4, -0.2) is 47.7 Å². The first-order valence-corrected chi connectivity index (χ1v) is 8.91. The minimum absolute atomic E-state index is 0. The quantitative estimate of drug-likeness (QED) is 0.761. The lowest BCUT2D eigenvalue weighted by atomic mass is 10.1. The van der Waals surface area contributed by atoms with E-state index in [1.807, 2.05) is 12.1 Å². The lowest BCUT2D eigenvalue weighted by molar-refractivity contribution is 0.271. The number of hydrogen-bond acceptors (Lipinski definition) is 4. The maximum atomic E-state index is 9.55. The van der Waals surface area contributed by atoms with Crippen LogP contribution in [0, 0.1) is 0 Å². The van der Waals surface area contributed by atoms with Gasteiger partial charge in [-0.1, -0.05) is 38.6 Å². The first-order chi connectivity index (χ1) is 12.2. The van der Waals surface area contributed by atoms with E-state index in [1.165, 1.54) is 10.8 Å². The molecular weight excluding hydrogens is 322 g/mol. The van der Waals surface area contributed by atoms with Crippen molar-refractivity contribution < 1.29 is 5.11 Å². The van der Waals surface area contributed by atoms with Gasteiger partial charge in [-0.25, -0.2) is 4.98 Å². The Labute approximate surface area is 155 Å². The van der Waals surface area contributed by atoms with E-state index in [0.717, 1.165) is 49.8 Å². The molecule has 0 radical (unpaired) electrons. The highest BCUT2D eigenvalue weighted by Gasteiger charge is 2.19. The van der Waals surface area contributed by atoms with Crippen LogP contribution in [0.2, 0.25) is 0 Å². The van der Waals surface area contributed by atoms with Crippen LogP contribution in [0.25, 0.3) is 22.0 Å². The Balaban J connectivity index is 0.00000196. The molecule has 1 fully saturated rings. The van der Waals surface area contributed by atoms with Crippen LogP contribution >= 0.6 is 0 Å². The molecule has 0 spiro atoms. The van der Waals surface area contributed by atoms with Crippen LogP contribution in [0.1, 0.15) is 14.4 Å². The van der Waals surface area contributed by atoms with Crippen molar-refractivity contribution in [1.29, 1.82) is 0 Å². The number of phenols is 1. The molecule has 26 heavy (non-hydrogen) atoms. The smallest absolute Gasteiger partial charge is 0.137 e. The minimum atomic E-state index is 0. The molecule has 4 nitrogen and oxygen atoms in total. The molecule has 136 valence electrons. The van der Waals surface area contributed by atoms with E-state index < -0.39 is 0 Å². The lowest BCUT2D eigenvalue weighted by Gasteiger charge is -2.35. The minimum Gasteiger partial charge on any atom is -0.508 e. The standard InChI is InChI=1S/C21H23N3O.CH4/c1-2-23-11-13-24(14-12-23)21-19-6-4-3-5-17(19)15-20(22-21)16-7-9-18(25)10-8-16;/h3-10,15,25H,2,11-14H2,1H3;1H4. The Morgan fingerprint density at radius 3 is 2.35 bits per heavy atom. The number of pyridine rings is 1. The molecule has 1 aliphatic heterocycles. The van der Waals surface area contributed by atoms with Crippen molar-refractivity contribution in [3.8, 4) is 17.0 Å². The fourth-order valence-corrected chi connectivity index (χ4v) is 3.48. The monoisotopic (exact) mass is 349 g/mol. The largest absolute Gasteiger partial charge is 0.508 e. The van der Waals surface area contributed by atoms with Crippen LogP contribution in [0.15, 0.2) is 54.6 Å². The number of phenolic OH excluding ortho intramolecular Hbond substituents is 1. The molecule has 1 N–H and O–H groups in total. The van der Waals surface area contributed by atoms with Crippen molar-refractivity contribution in [3.63, 3.8) is 0 Å². The molecule has 0 atom stereocenters. The summed E-state index contributed by atoms with van der Waals surface area (Å²) in [5.41, 5.74) is 1.98. The van der Waals surface area contributed by atoms with Crippen molar-refractivity contribution in [3.05, 3.63) is 54.6 Å². The fraction of sp³-hybridized carbons (Fsp3) is 0.318. The number of rotatable bonds is 3. The van der Waals surface area contributed by atoms with Gasteiger partial charge in [0.2, 0.25) is 0 Å². The summed E-state index contributed by atoms with van der Waals surface area (Å²) in [5.74, 6) is 1.34. The van der Waals surface area contributed by atoms with E-state index >= 15 is 0 Å². The van der Waals surface area contributed by atoms with E-state index in [1.54, 1.807) is 12.1 Å². The molecule has 2 heterocycles. The predicted molar refractivity (Wildman–Crippen MR) is 110 cm³/mol. The van der Waals surface area contributed by atoms with Gasteiger partial charge in [0.05, 0.1) is 5.69 Å². The summed E-state index contributed by atoms with van der Waals surface area (Å²) in [5, 5.41) is 12.0. The third kappa shape index (κ3) is 3.51. The van der Waals surface area contributed by atoms with Crippen molar-refractivity contribution in [2.75, 3.05) is 37.6 Å². The normalized spacial score (nSPS) is 15.0. The molecular formula is C22H27N3O. The SMILES string of the molecule is C.CCN1CCN(c2nc(-c3ccc(O)cc3)cc3ccccc23)CC1. The van der Waals surface area contributed by atoms with Crippen molar-refractivity contribution in [2.45, 2.75) is 14.4 Å². The Hall–Kier alpha value is -2.59. The van der Waals surface area contributed by atoms with Gasteiger partial charge in [0.25, 0.3) is 0 Å². The van der Waals surface area contributed by atoms with E-state index in [4.69, 9.17) is 4.98 Å². The van der Waals surface area contributed by atoms with E-state index in [-0.39, 0.29) is 13.2 Å². The first kappa shape index (κ1) is 18.2. The van der Waals surface area contributed by atoms with Crippen molar-refractivity contribution in [1.82, 2.24) is 9.88 Å². The van der Waals surface area contributed by atoms with Gasteiger partial charge in [0, 0.05) is 37.1 Å². The molecule has 3 aromatic rings. The topological polar surface area (TPSA) is 39.6 Å². The van der Waals surface area contributed by atoms with Gasteiger partial charge in [-0.05, 0) is 42.3 Å². The Bertz CT molecular complexity index is 868. The lowest BCUT2D eigenvalue weighted by Crippen LogP contribution is -2.46. The number of aromatic nitrogens is 1. The Morgan fingerprint density at radius 2 is 1.65 bits per heavy atom. The Morgan fingerprint density at radius 1 is 0.962 bits per heavy atom. The highest BCUT2D eigenvalue weighted by atomic mass is 16.3. The summed E-state index contributed by atoms with van der Waals surface area (Å²) in [6.45, 7) is 7.49. The van der Waals surface area contributed by atoms with Gasteiger partial charge in [0.15, 0.2) is 0 Å². The van der Waals surface area contributed by atoms with Crippen LogP contribution < -0.4 is 4.90 Å². The zero-order valence-electron chi connectivity index (χ0n) is 14.5. The third-order valence-electron chi connectivity index (χ3n) is 5.00.